The van der Waals surface area contributed by atoms with Gasteiger partial charge < -0.3 is 29.6 Å². The van der Waals surface area contributed by atoms with Gasteiger partial charge in [0.1, 0.15) is 18.0 Å². The first-order valence-corrected chi connectivity index (χ1v) is 14.9. The van der Waals surface area contributed by atoms with Crippen molar-refractivity contribution in [2.24, 2.45) is 0 Å². The first kappa shape index (κ1) is 29.1. The van der Waals surface area contributed by atoms with Crippen molar-refractivity contribution in [3.63, 3.8) is 0 Å². The molecule has 6 rings (SSSR count). The van der Waals surface area contributed by atoms with Crippen LogP contribution in [-0.4, -0.2) is 77.6 Å². The summed E-state index contributed by atoms with van der Waals surface area (Å²) in [5.74, 6) is 0.407. The standard InChI is InChI=1S/C31H31Cl2N7O3/c1-3-26(41)40-11-10-39(16-19(40)6-8-34)30-27-25(36-31(37-30)43-17-20-5-4-9-38(20)2)15-22(21-7-12-42-29(21)27)23-13-18(35)14-24(32)28(23)33/h3,7,12-15,19-20H,1,4-6,9-11,16-17,35H2,2H3/t19-,20-/m0/s1. The third-order valence-electron chi connectivity index (χ3n) is 8.34. The molecule has 2 aliphatic rings. The highest BCUT2D eigenvalue weighted by atomic mass is 35.5. The Morgan fingerprint density at radius 2 is 2.07 bits per heavy atom. The van der Waals surface area contributed by atoms with Gasteiger partial charge in [0.2, 0.25) is 5.91 Å². The Morgan fingerprint density at radius 3 is 2.81 bits per heavy atom. The zero-order chi connectivity index (χ0) is 30.2. The molecule has 4 aromatic rings. The Kier molecular flexibility index (Phi) is 8.05. The Balaban J connectivity index is 1.51. The van der Waals surface area contributed by atoms with E-state index in [1.807, 2.05) is 12.1 Å². The van der Waals surface area contributed by atoms with Crippen LogP contribution in [-0.2, 0) is 4.79 Å². The van der Waals surface area contributed by atoms with E-state index < -0.39 is 0 Å². The van der Waals surface area contributed by atoms with Crippen LogP contribution in [0.15, 0.2) is 47.6 Å². The monoisotopic (exact) mass is 619 g/mol. The number of halogens is 2. The van der Waals surface area contributed by atoms with E-state index in [1.54, 1.807) is 23.3 Å². The first-order valence-electron chi connectivity index (χ1n) is 14.1. The highest BCUT2D eigenvalue weighted by molar-refractivity contribution is 6.44. The van der Waals surface area contributed by atoms with Gasteiger partial charge in [-0.1, -0.05) is 29.8 Å². The van der Waals surface area contributed by atoms with Crippen LogP contribution in [0.3, 0.4) is 0 Å². The van der Waals surface area contributed by atoms with E-state index in [1.165, 1.54) is 6.08 Å². The molecule has 2 aliphatic heterocycles. The van der Waals surface area contributed by atoms with E-state index >= 15 is 0 Å². The zero-order valence-corrected chi connectivity index (χ0v) is 25.2. The maximum Gasteiger partial charge on any atom is 0.319 e. The molecular formula is C31H31Cl2N7O3. The second-order valence-corrected chi connectivity index (χ2v) is 11.7. The van der Waals surface area contributed by atoms with Crippen molar-refractivity contribution in [2.45, 2.75) is 31.3 Å². The fourth-order valence-corrected chi connectivity index (χ4v) is 6.55. The molecule has 2 atom stereocenters. The van der Waals surface area contributed by atoms with E-state index in [0.29, 0.717) is 69.8 Å². The Morgan fingerprint density at radius 1 is 1.23 bits per heavy atom. The topological polar surface area (TPSA) is 125 Å². The molecule has 0 aliphatic carbocycles. The molecule has 12 heteroatoms. The number of amides is 1. The number of likely N-dealkylation sites (tertiary alicyclic amines) is 1. The van der Waals surface area contributed by atoms with Crippen LogP contribution in [0, 0.1) is 11.3 Å². The number of likely N-dealkylation sites (N-methyl/N-ethyl adjacent to an activating group) is 1. The molecular weight excluding hydrogens is 589 g/mol. The van der Waals surface area contributed by atoms with Crippen molar-refractivity contribution in [3.8, 4) is 23.2 Å². The molecule has 10 nitrogen and oxygen atoms in total. The predicted molar refractivity (Wildman–Crippen MR) is 168 cm³/mol. The number of carbonyl (C=O) groups is 1. The second kappa shape index (κ2) is 11.9. The lowest BCUT2D eigenvalue weighted by Gasteiger charge is -2.41. The van der Waals surface area contributed by atoms with Crippen molar-refractivity contribution in [1.29, 1.82) is 5.26 Å². The summed E-state index contributed by atoms with van der Waals surface area (Å²) in [4.78, 5) is 28.4. The molecule has 0 unspecified atom stereocenters. The smallest absolute Gasteiger partial charge is 0.319 e. The van der Waals surface area contributed by atoms with Crippen molar-refractivity contribution < 1.29 is 13.9 Å². The number of hydrogen-bond acceptors (Lipinski definition) is 9. The van der Waals surface area contributed by atoms with E-state index in [0.717, 1.165) is 30.3 Å². The molecule has 4 heterocycles. The van der Waals surface area contributed by atoms with Gasteiger partial charge in [0.05, 0.1) is 45.7 Å². The SMILES string of the molecule is C=CC(=O)N1CCN(c2nc(OC[C@@H]3CCCN3C)nc3cc(-c4cc(N)cc(Cl)c4Cl)c4ccoc4c23)C[C@@H]1CC#N. The summed E-state index contributed by atoms with van der Waals surface area (Å²) < 4.78 is 12.3. The summed E-state index contributed by atoms with van der Waals surface area (Å²) >= 11 is 13.1. The van der Waals surface area contributed by atoms with Gasteiger partial charge in [-0.3, -0.25) is 4.79 Å². The van der Waals surface area contributed by atoms with Crippen molar-refractivity contribution in [3.05, 3.63) is 53.2 Å². The van der Waals surface area contributed by atoms with Crippen LogP contribution in [0.1, 0.15) is 19.3 Å². The number of hydrogen-bond donors (Lipinski definition) is 1. The summed E-state index contributed by atoms with van der Waals surface area (Å²) in [6, 6.07) is 9.56. The van der Waals surface area contributed by atoms with Gasteiger partial charge in [-0.2, -0.15) is 15.2 Å². The molecule has 2 N–H and O–H groups in total. The van der Waals surface area contributed by atoms with Gasteiger partial charge in [-0.05, 0) is 62.3 Å². The Hall–Kier alpha value is -4.04. The molecule has 1 amide bonds. The number of carbonyl (C=O) groups excluding carboxylic acids is 1. The number of nitrogen functional groups attached to an aromatic ring is 1. The van der Waals surface area contributed by atoms with E-state index in [9.17, 15) is 10.1 Å². The van der Waals surface area contributed by atoms with Crippen LogP contribution in [0.5, 0.6) is 6.01 Å². The molecule has 2 aromatic heterocycles. The number of anilines is 2. The lowest BCUT2D eigenvalue weighted by Crippen LogP contribution is -2.55. The third-order valence-corrected chi connectivity index (χ3v) is 9.15. The van der Waals surface area contributed by atoms with Gasteiger partial charge in [-0.15, -0.1) is 0 Å². The van der Waals surface area contributed by atoms with Gasteiger partial charge in [0.25, 0.3) is 0 Å². The minimum absolute atomic E-state index is 0.172. The number of nitrogens with zero attached hydrogens (tertiary/aromatic N) is 6. The molecule has 222 valence electrons. The number of fused-ring (bicyclic) bond motifs is 3. The predicted octanol–water partition coefficient (Wildman–Crippen LogP) is 5.52. The van der Waals surface area contributed by atoms with E-state index in [2.05, 4.69) is 29.5 Å². The molecule has 0 saturated carbocycles. The lowest BCUT2D eigenvalue weighted by atomic mass is 9.98. The van der Waals surface area contributed by atoms with Crippen LogP contribution < -0.4 is 15.4 Å². The van der Waals surface area contributed by atoms with Gasteiger partial charge >= 0.3 is 6.01 Å². The summed E-state index contributed by atoms with van der Waals surface area (Å²) in [6.45, 7) is 6.39. The van der Waals surface area contributed by atoms with E-state index in [4.69, 9.17) is 48.1 Å². The minimum atomic E-state index is -0.342. The number of piperazine rings is 1. The molecule has 2 saturated heterocycles. The largest absolute Gasteiger partial charge is 0.463 e. The first-order chi connectivity index (χ1) is 20.8. The van der Waals surface area contributed by atoms with Gasteiger partial charge in [-0.25, -0.2) is 0 Å². The summed E-state index contributed by atoms with van der Waals surface area (Å²) in [5.41, 5.74) is 9.20. The highest BCUT2D eigenvalue weighted by Crippen LogP contribution is 2.44. The number of rotatable bonds is 7. The lowest BCUT2D eigenvalue weighted by molar-refractivity contribution is -0.128. The highest BCUT2D eigenvalue weighted by Gasteiger charge is 2.32. The molecule has 0 bridgehead atoms. The Labute approximate surface area is 259 Å². The van der Waals surface area contributed by atoms with Crippen molar-refractivity contribution >= 4 is 62.5 Å². The fraction of sp³-hybridized carbons (Fsp3) is 0.355. The molecule has 0 radical (unpaired) electrons. The average Bonchev–Trinajstić information content (AvgIpc) is 3.66. The van der Waals surface area contributed by atoms with Crippen LogP contribution in [0.2, 0.25) is 10.0 Å². The van der Waals surface area contributed by atoms with Crippen LogP contribution in [0.25, 0.3) is 33.0 Å². The summed E-state index contributed by atoms with van der Waals surface area (Å²) in [7, 11) is 2.09. The minimum Gasteiger partial charge on any atom is -0.463 e. The molecule has 0 spiro atoms. The van der Waals surface area contributed by atoms with Crippen molar-refractivity contribution in [2.75, 3.05) is 50.5 Å². The number of benzene rings is 2. The fourth-order valence-electron chi connectivity index (χ4n) is 6.11. The number of ether oxygens (including phenoxy) is 1. The molecule has 43 heavy (non-hydrogen) atoms. The maximum absolute atomic E-state index is 12.6. The van der Waals surface area contributed by atoms with Gasteiger partial charge in [0, 0.05) is 42.3 Å². The summed E-state index contributed by atoms with van der Waals surface area (Å²) in [5, 5.41) is 11.7. The maximum atomic E-state index is 12.6. The second-order valence-electron chi connectivity index (χ2n) is 11.0. The number of furan rings is 1. The van der Waals surface area contributed by atoms with E-state index in [-0.39, 0.29) is 30.4 Å². The molecule has 2 fully saturated rings. The average molecular weight is 621 g/mol. The van der Waals surface area contributed by atoms with Crippen LogP contribution >= 0.6 is 23.2 Å². The van der Waals surface area contributed by atoms with Crippen LogP contribution in [0.4, 0.5) is 11.5 Å². The zero-order valence-electron chi connectivity index (χ0n) is 23.7. The quantitative estimate of drug-likeness (QED) is 0.210. The van der Waals surface area contributed by atoms with Crippen molar-refractivity contribution in [1.82, 2.24) is 19.8 Å². The molecule has 2 aromatic carbocycles. The number of aromatic nitrogens is 2. The number of nitrogens with two attached hydrogens (primary N) is 1. The third kappa shape index (κ3) is 5.44. The number of nitriles is 1. The van der Waals surface area contributed by atoms with Gasteiger partial charge in [0.15, 0.2) is 0 Å². The Bertz CT molecular complexity index is 1770. The summed E-state index contributed by atoms with van der Waals surface area (Å²) in [6.07, 6.45) is 5.22. The normalized spacial score (nSPS) is 19.2.